The first-order valence-corrected chi connectivity index (χ1v) is 9.25. The van der Waals surface area contributed by atoms with Crippen molar-refractivity contribution in [2.24, 2.45) is 0 Å². The second kappa shape index (κ2) is 8.59. The quantitative estimate of drug-likeness (QED) is 0.848. The lowest BCUT2D eigenvalue weighted by molar-refractivity contribution is -0.144. The van der Waals surface area contributed by atoms with E-state index in [1.54, 1.807) is 31.3 Å². The second-order valence-electron chi connectivity index (χ2n) is 7.10. The van der Waals surface area contributed by atoms with Crippen molar-refractivity contribution in [2.75, 3.05) is 20.2 Å². The summed E-state index contributed by atoms with van der Waals surface area (Å²) in [6.07, 6.45) is 5.35. The molecule has 0 saturated carbocycles. The molecule has 1 amide bonds. The van der Waals surface area contributed by atoms with Gasteiger partial charge in [-0.3, -0.25) is 14.7 Å². The Morgan fingerprint density at radius 2 is 2.04 bits per heavy atom. The summed E-state index contributed by atoms with van der Waals surface area (Å²) < 4.78 is 19.6. The first kappa shape index (κ1) is 19.5. The van der Waals surface area contributed by atoms with Gasteiger partial charge in [-0.2, -0.15) is 0 Å². The fraction of sp³-hybridized carbons (Fsp3) is 0.429. The average Bonchev–Trinajstić information content (AvgIpc) is 2.70. The van der Waals surface area contributed by atoms with Gasteiger partial charge in [0, 0.05) is 50.7 Å². The highest BCUT2D eigenvalue weighted by Gasteiger charge is 2.38. The fourth-order valence-electron chi connectivity index (χ4n) is 3.48. The van der Waals surface area contributed by atoms with Crippen LogP contribution in [0.15, 0.2) is 48.8 Å². The summed E-state index contributed by atoms with van der Waals surface area (Å²) >= 11 is 0. The van der Waals surface area contributed by atoms with Crippen LogP contribution in [0.4, 0.5) is 4.39 Å². The molecule has 144 valence electrons. The number of pyridine rings is 1. The van der Waals surface area contributed by atoms with Crippen molar-refractivity contribution in [3.05, 3.63) is 65.7 Å². The van der Waals surface area contributed by atoms with E-state index >= 15 is 0 Å². The van der Waals surface area contributed by atoms with E-state index in [4.69, 9.17) is 4.74 Å². The molecule has 6 heteroatoms. The van der Waals surface area contributed by atoms with E-state index in [0.717, 1.165) is 32.5 Å². The summed E-state index contributed by atoms with van der Waals surface area (Å²) in [7, 11) is 1.43. The number of rotatable bonds is 6. The number of methoxy groups -OCH3 is 1. The molecule has 1 N–H and O–H groups in total. The lowest BCUT2D eigenvalue weighted by atomic mass is 9.93. The van der Waals surface area contributed by atoms with Gasteiger partial charge in [-0.1, -0.05) is 24.3 Å². The molecular weight excluding hydrogens is 345 g/mol. The predicted molar refractivity (Wildman–Crippen MR) is 101 cm³/mol. The number of likely N-dealkylation sites (tertiary alicyclic amines) is 1. The average molecular weight is 371 g/mol. The van der Waals surface area contributed by atoms with Gasteiger partial charge < -0.3 is 10.1 Å². The van der Waals surface area contributed by atoms with E-state index in [0.29, 0.717) is 0 Å². The number of nitrogens with one attached hydrogen (secondary N) is 1. The van der Waals surface area contributed by atoms with Crippen LogP contribution in [0.3, 0.4) is 0 Å². The maximum atomic E-state index is 14.2. The zero-order valence-electron chi connectivity index (χ0n) is 15.8. The maximum absolute atomic E-state index is 14.2. The Hall–Kier alpha value is -2.31. The van der Waals surface area contributed by atoms with E-state index in [1.807, 2.05) is 12.3 Å². The highest BCUT2D eigenvalue weighted by molar-refractivity contribution is 5.86. The number of piperidine rings is 1. The van der Waals surface area contributed by atoms with Gasteiger partial charge in [-0.15, -0.1) is 0 Å². The topological polar surface area (TPSA) is 54.5 Å². The molecule has 3 rings (SSSR count). The molecular formula is C21H26FN3O2. The van der Waals surface area contributed by atoms with Crippen molar-refractivity contribution < 1.29 is 13.9 Å². The summed E-state index contributed by atoms with van der Waals surface area (Å²) in [5.41, 5.74) is 0.0866. The number of nitrogens with zero attached hydrogens (tertiary/aromatic N) is 2. The highest BCUT2D eigenvalue weighted by Crippen LogP contribution is 2.28. The number of aromatic nitrogens is 1. The van der Waals surface area contributed by atoms with Crippen LogP contribution < -0.4 is 5.32 Å². The summed E-state index contributed by atoms with van der Waals surface area (Å²) in [5, 5.41) is 3.05. The number of ether oxygens (including phenoxy) is 1. The Balaban J connectivity index is 1.58. The standard InChI is InChI=1S/C21H26FN3O2/c1-21(27-2,18-7-3-4-8-19(18)22)20(26)24-17-9-12-25(13-10-17)15-16-6-5-11-23-14-16/h3-8,11,14,17H,9-10,12-13,15H2,1-2H3,(H,24,26). The van der Waals surface area contributed by atoms with Gasteiger partial charge in [-0.25, -0.2) is 4.39 Å². The van der Waals surface area contributed by atoms with E-state index in [2.05, 4.69) is 21.3 Å². The summed E-state index contributed by atoms with van der Waals surface area (Å²) in [5.74, 6) is -0.746. The summed E-state index contributed by atoms with van der Waals surface area (Å²) in [4.78, 5) is 19.4. The Kier molecular flexibility index (Phi) is 6.19. The number of benzene rings is 1. The Bertz CT molecular complexity index is 763. The van der Waals surface area contributed by atoms with Crippen LogP contribution in [0.25, 0.3) is 0 Å². The molecule has 0 aliphatic carbocycles. The third kappa shape index (κ3) is 4.51. The number of halogens is 1. The van der Waals surface area contributed by atoms with Crippen LogP contribution in [-0.2, 0) is 21.7 Å². The van der Waals surface area contributed by atoms with E-state index in [-0.39, 0.29) is 17.5 Å². The van der Waals surface area contributed by atoms with Crippen LogP contribution in [0.1, 0.15) is 30.9 Å². The van der Waals surface area contributed by atoms with Gasteiger partial charge >= 0.3 is 0 Å². The number of carbonyl (C=O) groups is 1. The Labute approximate surface area is 159 Å². The third-order valence-corrected chi connectivity index (χ3v) is 5.28. The van der Waals surface area contributed by atoms with Crippen molar-refractivity contribution >= 4 is 5.91 Å². The molecule has 1 aliphatic heterocycles. The van der Waals surface area contributed by atoms with E-state index in [1.165, 1.54) is 18.7 Å². The van der Waals surface area contributed by atoms with Crippen molar-refractivity contribution in [3.63, 3.8) is 0 Å². The molecule has 1 fully saturated rings. The van der Waals surface area contributed by atoms with Gasteiger partial charge in [0.2, 0.25) is 0 Å². The number of amides is 1. The number of hydrogen-bond acceptors (Lipinski definition) is 4. The lowest BCUT2D eigenvalue weighted by Gasteiger charge is -2.35. The molecule has 27 heavy (non-hydrogen) atoms. The molecule has 1 unspecified atom stereocenters. The molecule has 0 bridgehead atoms. The molecule has 0 radical (unpaired) electrons. The fourth-order valence-corrected chi connectivity index (χ4v) is 3.48. The third-order valence-electron chi connectivity index (χ3n) is 5.28. The molecule has 1 atom stereocenters. The normalized spacial score (nSPS) is 18.0. The highest BCUT2D eigenvalue weighted by atomic mass is 19.1. The molecule has 1 aromatic heterocycles. The lowest BCUT2D eigenvalue weighted by Crippen LogP contribution is -2.51. The summed E-state index contributed by atoms with van der Waals surface area (Å²) in [6.45, 7) is 4.25. The van der Waals surface area contributed by atoms with Gasteiger partial charge in [0.1, 0.15) is 5.82 Å². The molecule has 1 saturated heterocycles. The number of carbonyl (C=O) groups excluding carboxylic acids is 1. The Morgan fingerprint density at radius 1 is 1.30 bits per heavy atom. The largest absolute Gasteiger partial charge is 0.364 e. The smallest absolute Gasteiger partial charge is 0.256 e. The zero-order chi connectivity index (χ0) is 19.3. The maximum Gasteiger partial charge on any atom is 0.256 e. The molecule has 5 nitrogen and oxygen atoms in total. The van der Waals surface area contributed by atoms with Gasteiger partial charge in [-0.05, 0) is 37.5 Å². The van der Waals surface area contributed by atoms with Gasteiger partial charge in [0.15, 0.2) is 5.60 Å². The SMILES string of the molecule is COC(C)(C(=O)NC1CCN(Cc2cccnc2)CC1)c1ccccc1F. The van der Waals surface area contributed by atoms with Crippen LogP contribution in [-0.4, -0.2) is 42.0 Å². The minimum Gasteiger partial charge on any atom is -0.364 e. The molecule has 0 spiro atoms. The molecule has 1 aromatic carbocycles. The van der Waals surface area contributed by atoms with Crippen molar-refractivity contribution in [1.29, 1.82) is 0 Å². The van der Waals surface area contributed by atoms with Crippen molar-refractivity contribution in [2.45, 2.75) is 38.0 Å². The number of hydrogen-bond donors (Lipinski definition) is 1. The zero-order valence-corrected chi connectivity index (χ0v) is 15.8. The monoisotopic (exact) mass is 371 g/mol. The first-order valence-electron chi connectivity index (χ1n) is 9.25. The van der Waals surface area contributed by atoms with Crippen LogP contribution in [0, 0.1) is 5.82 Å². The van der Waals surface area contributed by atoms with Crippen LogP contribution in [0.5, 0.6) is 0 Å². The minimum absolute atomic E-state index is 0.0592. The van der Waals surface area contributed by atoms with E-state index < -0.39 is 11.4 Å². The molecule has 2 heterocycles. The first-order chi connectivity index (χ1) is 13.0. The van der Waals surface area contributed by atoms with Crippen molar-refractivity contribution in [3.8, 4) is 0 Å². The summed E-state index contributed by atoms with van der Waals surface area (Å²) in [6, 6.07) is 10.3. The van der Waals surface area contributed by atoms with Gasteiger partial charge in [0.25, 0.3) is 5.91 Å². The minimum atomic E-state index is -1.35. The Morgan fingerprint density at radius 3 is 2.67 bits per heavy atom. The van der Waals surface area contributed by atoms with Crippen molar-refractivity contribution in [1.82, 2.24) is 15.2 Å². The molecule has 2 aromatic rings. The van der Waals surface area contributed by atoms with Crippen LogP contribution in [0.2, 0.25) is 0 Å². The predicted octanol–water partition coefficient (Wildman–Crippen LogP) is 2.86. The molecule has 1 aliphatic rings. The van der Waals surface area contributed by atoms with E-state index in [9.17, 15) is 9.18 Å². The van der Waals surface area contributed by atoms with Gasteiger partial charge in [0.05, 0.1) is 0 Å². The van der Waals surface area contributed by atoms with Crippen LogP contribution >= 0.6 is 0 Å². The second-order valence-corrected chi connectivity index (χ2v) is 7.10.